The topological polar surface area (TPSA) is 41.6 Å². The molecule has 2 aliphatic rings. The van der Waals surface area contributed by atoms with Crippen LogP contribution in [0.25, 0.3) is 0 Å². The number of rotatable bonds is 2. The molecule has 0 bridgehead atoms. The summed E-state index contributed by atoms with van der Waals surface area (Å²) in [6.07, 6.45) is 2.82. The van der Waals surface area contributed by atoms with Crippen LogP contribution in [0.4, 0.5) is 5.69 Å². The number of piperidine rings is 1. The normalized spacial score (nSPS) is 20.1. The summed E-state index contributed by atoms with van der Waals surface area (Å²) in [6.45, 7) is 2.02. The number of hydrogen-bond donors (Lipinski definition) is 1. The van der Waals surface area contributed by atoms with E-state index in [-0.39, 0.29) is 12.0 Å². The first-order chi connectivity index (χ1) is 8.75. The van der Waals surface area contributed by atoms with E-state index in [1.54, 1.807) is 4.90 Å². The molecule has 1 aromatic rings. The van der Waals surface area contributed by atoms with Gasteiger partial charge in [0, 0.05) is 7.05 Å². The maximum Gasteiger partial charge on any atom is 0.231 e. The van der Waals surface area contributed by atoms with Gasteiger partial charge in [0.2, 0.25) is 5.91 Å². The van der Waals surface area contributed by atoms with E-state index in [2.05, 4.69) is 5.32 Å². The molecule has 1 N–H and O–H groups in total. The lowest BCUT2D eigenvalue weighted by atomic mass is 10.1. The van der Waals surface area contributed by atoms with Gasteiger partial charge < -0.3 is 15.0 Å². The molecule has 3 rings (SSSR count). The number of ether oxygens (including phenoxy) is 1. The Balaban J connectivity index is 1.85. The summed E-state index contributed by atoms with van der Waals surface area (Å²) in [7, 11) is 1.82. The molecule has 1 aromatic carbocycles. The average Bonchev–Trinajstić information content (AvgIpc) is 2.67. The number of nitrogens with one attached hydrogen (secondary N) is 1. The third-order valence-corrected chi connectivity index (χ3v) is 3.71. The van der Waals surface area contributed by atoms with E-state index in [0.29, 0.717) is 6.42 Å². The van der Waals surface area contributed by atoms with Crippen LogP contribution in [-0.4, -0.2) is 32.1 Å². The van der Waals surface area contributed by atoms with Crippen molar-refractivity contribution in [2.24, 2.45) is 0 Å². The largest absolute Gasteiger partial charge is 0.488 e. The highest BCUT2D eigenvalue weighted by atomic mass is 16.5. The lowest BCUT2D eigenvalue weighted by Crippen LogP contribution is -2.34. The van der Waals surface area contributed by atoms with Crippen molar-refractivity contribution in [3.8, 4) is 5.75 Å². The molecule has 0 radical (unpaired) electrons. The van der Waals surface area contributed by atoms with E-state index in [9.17, 15) is 4.79 Å². The van der Waals surface area contributed by atoms with Crippen LogP contribution < -0.4 is 15.0 Å². The molecule has 1 fully saturated rings. The zero-order valence-corrected chi connectivity index (χ0v) is 10.6. The third kappa shape index (κ3) is 1.97. The molecule has 18 heavy (non-hydrogen) atoms. The number of fused-ring (bicyclic) bond motifs is 1. The predicted molar refractivity (Wildman–Crippen MR) is 70.1 cm³/mol. The standard InChI is InChI=1S/C14H18N2O2/c1-16-13(17)9-10-3-2-4-12(14(10)16)18-11-5-7-15-8-6-11/h2-4,11,15H,5-9H2,1H3. The molecule has 0 spiro atoms. The maximum atomic E-state index is 11.7. The van der Waals surface area contributed by atoms with Crippen LogP contribution >= 0.6 is 0 Å². The van der Waals surface area contributed by atoms with Gasteiger partial charge in [-0.25, -0.2) is 0 Å². The molecular weight excluding hydrogens is 228 g/mol. The Labute approximate surface area is 107 Å². The average molecular weight is 246 g/mol. The minimum absolute atomic E-state index is 0.145. The maximum absolute atomic E-state index is 11.7. The first kappa shape index (κ1) is 11.5. The van der Waals surface area contributed by atoms with Crippen molar-refractivity contribution in [2.75, 3.05) is 25.0 Å². The second-order valence-electron chi connectivity index (χ2n) is 4.96. The Kier molecular flexibility index (Phi) is 2.96. The Morgan fingerprint density at radius 1 is 1.33 bits per heavy atom. The van der Waals surface area contributed by atoms with E-state index in [0.717, 1.165) is 42.9 Å². The lowest BCUT2D eigenvalue weighted by Gasteiger charge is -2.25. The highest BCUT2D eigenvalue weighted by Gasteiger charge is 2.28. The van der Waals surface area contributed by atoms with Crippen LogP contribution in [0.1, 0.15) is 18.4 Å². The molecule has 96 valence electrons. The minimum Gasteiger partial charge on any atom is -0.488 e. The highest BCUT2D eigenvalue weighted by Crippen LogP contribution is 2.37. The summed E-state index contributed by atoms with van der Waals surface area (Å²) in [5, 5.41) is 3.32. The van der Waals surface area contributed by atoms with Gasteiger partial charge in [-0.15, -0.1) is 0 Å². The van der Waals surface area contributed by atoms with Gasteiger partial charge in [-0.2, -0.15) is 0 Å². The van der Waals surface area contributed by atoms with E-state index in [1.165, 1.54) is 0 Å². The number of para-hydroxylation sites is 1. The minimum atomic E-state index is 0.145. The number of hydrogen-bond acceptors (Lipinski definition) is 3. The smallest absolute Gasteiger partial charge is 0.231 e. The van der Waals surface area contributed by atoms with Crippen molar-refractivity contribution in [3.63, 3.8) is 0 Å². The van der Waals surface area contributed by atoms with Crippen LogP contribution in [0.3, 0.4) is 0 Å². The van der Waals surface area contributed by atoms with Crippen molar-refractivity contribution in [1.82, 2.24) is 5.32 Å². The van der Waals surface area contributed by atoms with E-state index in [4.69, 9.17) is 4.74 Å². The third-order valence-electron chi connectivity index (χ3n) is 3.71. The fraction of sp³-hybridized carbons (Fsp3) is 0.500. The van der Waals surface area contributed by atoms with Crippen molar-refractivity contribution in [3.05, 3.63) is 23.8 Å². The van der Waals surface area contributed by atoms with Gasteiger partial charge in [0.05, 0.1) is 12.1 Å². The molecular formula is C14H18N2O2. The van der Waals surface area contributed by atoms with Crippen LogP contribution in [0.2, 0.25) is 0 Å². The molecule has 0 aromatic heterocycles. The summed E-state index contributed by atoms with van der Waals surface area (Å²) < 4.78 is 6.08. The van der Waals surface area contributed by atoms with Crippen molar-refractivity contribution in [1.29, 1.82) is 0 Å². The molecule has 0 unspecified atom stereocenters. The first-order valence-corrected chi connectivity index (χ1v) is 6.51. The van der Waals surface area contributed by atoms with Gasteiger partial charge in [-0.3, -0.25) is 4.79 Å². The van der Waals surface area contributed by atoms with Crippen molar-refractivity contribution < 1.29 is 9.53 Å². The number of anilines is 1. The summed E-state index contributed by atoms with van der Waals surface area (Å²) in [5.74, 6) is 0.999. The fourth-order valence-corrected chi connectivity index (χ4v) is 2.69. The Morgan fingerprint density at radius 3 is 2.89 bits per heavy atom. The molecule has 1 saturated heterocycles. The van der Waals surface area contributed by atoms with Crippen LogP contribution in [-0.2, 0) is 11.2 Å². The van der Waals surface area contributed by atoms with Gasteiger partial charge >= 0.3 is 0 Å². The van der Waals surface area contributed by atoms with E-state index < -0.39 is 0 Å². The summed E-state index contributed by atoms with van der Waals surface area (Å²) in [5.41, 5.74) is 2.04. The summed E-state index contributed by atoms with van der Waals surface area (Å²) in [4.78, 5) is 13.4. The number of carbonyl (C=O) groups is 1. The Bertz CT molecular complexity index is 467. The fourth-order valence-electron chi connectivity index (χ4n) is 2.69. The summed E-state index contributed by atoms with van der Waals surface area (Å²) >= 11 is 0. The van der Waals surface area contributed by atoms with Crippen molar-refractivity contribution >= 4 is 11.6 Å². The SMILES string of the molecule is CN1C(=O)Cc2cccc(OC3CCNCC3)c21. The number of amides is 1. The van der Waals surface area contributed by atoms with E-state index >= 15 is 0 Å². The predicted octanol–water partition coefficient (Wildman–Crippen LogP) is 1.34. The number of benzene rings is 1. The molecule has 4 nitrogen and oxygen atoms in total. The highest BCUT2D eigenvalue weighted by molar-refractivity contribution is 6.02. The van der Waals surface area contributed by atoms with E-state index in [1.807, 2.05) is 25.2 Å². The molecule has 1 amide bonds. The van der Waals surface area contributed by atoms with Gasteiger partial charge in [0.1, 0.15) is 11.9 Å². The monoisotopic (exact) mass is 246 g/mol. The Hall–Kier alpha value is -1.55. The molecule has 0 aliphatic carbocycles. The zero-order valence-electron chi connectivity index (χ0n) is 10.6. The molecule has 0 saturated carbocycles. The second kappa shape index (κ2) is 4.61. The first-order valence-electron chi connectivity index (χ1n) is 6.51. The van der Waals surface area contributed by atoms with Gasteiger partial charge in [-0.05, 0) is 37.6 Å². The number of likely N-dealkylation sites (N-methyl/N-ethyl adjacent to an activating group) is 1. The number of nitrogens with zero attached hydrogens (tertiary/aromatic N) is 1. The van der Waals surface area contributed by atoms with Gasteiger partial charge in [0.25, 0.3) is 0 Å². The van der Waals surface area contributed by atoms with Crippen LogP contribution in [0, 0.1) is 0 Å². The quantitative estimate of drug-likeness (QED) is 0.856. The lowest BCUT2D eigenvalue weighted by molar-refractivity contribution is -0.117. The van der Waals surface area contributed by atoms with Crippen LogP contribution in [0.5, 0.6) is 5.75 Å². The second-order valence-corrected chi connectivity index (χ2v) is 4.96. The molecule has 0 atom stereocenters. The Morgan fingerprint density at radius 2 is 2.11 bits per heavy atom. The van der Waals surface area contributed by atoms with Crippen molar-refractivity contribution in [2.45, 2.75) is 25.4 Å². The molecule has 4 heteroatoms. The molecule has 2 aliphatic heterocycles. The number of carbonyl (C=O) groups excluding carboxylic acids is 1. The molecule has 2 heterocycles. The van der Waals surface area contributed by atoms with Gasteiger partial charge in [0.15, 0.2) is 0 Å². The zero-order chi connectivity index (χ0) is 12.5. The van der Waals surface area contributed by atoms with Gasteiger partial charge in [-0.1, -0.05) is 12.1 Å². The summed E-state index contributed by atoms with van der Waals surface area (Å²) in [6, 6.07) is 5.95. The van der Waals surface area contributed by atoms with Crippen LogP contribution in [0.15, 0.2) is 18.2 Å².